The molecule has 2 aromatic carbocycles. The van der Waals surface area contributed by atoms with Crippen LogP contribution in [-0.4, -0.2) is 33.2 Å². The maximum absolute atomic E-state index is 12.4. The van der Waals surface area contributed by atoms with Crippen LogP contribution in [-0.2, 0) is 22.7 Å². The van der Waals surface area contributed by atoms with E-state index < -0.39 is 5.91 Å². The van der Waals surface area contributed by atoms with Crippen molar-refractivity contribution in [1.29, 1.82) is 0 Å². The molecule has 0 bridgehead atoms. The predicted molar refractivity (Wildman–Crippen MR) is 135 cm³/mol. The monoisotopic (exact) mass is 490 g/mol. The molecule has 35 heavy (non-hydrogen) atoms. The molecule has 0 unspecified atom stereocenters. The van der Waals surface area contributed by atoms with E-state index in [0.717, 1.165) is 11.1 Å². The van der Waals surface area contributed by atoms with Crippen molar-refractivity contribution in [3.8, 4) is 0 Å². The van der Waals surface area contributed by atoms with E-state index in [4.69, 9.17) is 17.3 Å². The Labute approximate surface area is 206 Å². The number of pyridine rings is 1. The Bertz CT molecular complexity index is 1400. The second-order valence-corrected chi connectivity index (χ2v) is 8.25. The van der Waals surface area contributed by atoms with Crippen LogP contribution in [0, 0.1) is 0 Å². The number of para-hydroxylation sites is 1. The Morgan fingerprint density at radius 3 is 2.40 bits per heavy atom. The van der Waals surface area contributed by atoms with Gasteiger partial charge in [0.15, 0.2) is 5.82 Å². The molecule has 2 amide bonds. The standard InChI is InChI=1S/C25H23ClN6O3/c26-20-5-1-2-6-21(20)28-23(34)16-31(17-33)22-15-32(29-25(22)27)14-19-10-8-18(9-11-19)13-30-12-4-3-7-24(30)35/h1-12,15,17H,13-14,16H2,(H2,27,29)(H,28,34). The summed E-state index contributed by atoms with van der Waals surface area (Å²) in [7, 11) is 0. The summed E-state index contributed by atoms with van der Waals surface area (Å²) in [5, 5.41) is 7.35. The minimum absolute atomic E-state index is 0.0589. The first-order valence-electron chi connectivity index (χ1n) is 10.8. The second-order valence-electron chi connectivity index (χ2n) is 7.84. The normalized spacial score (nSPS) is 10.7. The maximum atomic E-state index is 12.4. The third-order valence-electron chi connectivity index (χ3n) is 5.29. The molecule has 0 radical (unpaired) electrons. The SMILES string of the molecule is Nc1nn(Cc2ccc(Cn3ccccc3=O)cc2)cc1N(C=O)CC(=O)Nc1ccccc1Cl. The van der Waals surface area contributed by atoms with Crippen molar-refractivity contribution < 1.29 is 9.59 Å². The molecule has 3 N–H and O–H groups in total. The molecule has 0 aliphatic carbocycles. The number of carbonyl (C=O) groups excluding carboxylic acids is 2. The number of nitrogens with zero attached hydrogens (tertiary/aromatic N) is 4. The fourth-order valence-corrected chi connectivity index (χ4v) is 3.72. The minimum atomic E-state index is -0.425. The molecule has 0 saturated carbocycles. The topological polar surface area (TPSA) is 115 Å². The van der Waals surface area contributed by atoms with E-state index in [9.17, 15) is 14.4 Å². The highest BCUT2D eigenvalue weighted by Crippen LogP contribution is 2.23. The van der Waals surface area contributed by atoms with E-state index in [-0.39, 0.29) is 17.9 Å². The van der Waals surface area contributed by atoms with E-state index in [1.165, 1.54) is 11.0 Å². The highest BCUT2D eigenvalue weighted by molar-refractivity contribution is 6.33. The number of nitrogens with one attached hydrogen (secondary N) is 1. The first kappa shape index (κ1) is 23.8. The molecule has 0 aliphatic rings. The number of benzene rings is 2. The number of carbonyl (C=O) groups is 2. The number of hydrogen-bond acceptors (Lipinski definition) is 5. The lowest BCUT2D eigenvalue weighted by molar-refractivity contribution is -0.116. The van der Waals surface area contributed by atoms with Gasteiger partial charge >= 0.3 is 0 Å². The summed E-state index contributed by atoms with van der Waals surface area (Å²) in [5.74, 6) is -0.298. The first-order chi connectivity index (χ1) is 16.9. The molecule has 0 saturated heterocycles. The summed E-state index contributed by atoms with van der Waals surface area (Å²) in [6.45, 7) is 0.635. The van der Waals surface area contributed by atoms with Crippen LogP contribution in [0.4, 0.5) is 17.2 Å². The lowest BCUT2D eigenvalue weighted by Gasteiger charge is -2.16. The predicted octanol–water partition coefficient (Wildman–Crippen LogP) is 2.98. The van der Waals surface area contributed by atoms with Gasteiger partial charge in [-0.2, -0.15) is 5.10 Å². The smallest absolute Gasteiger partial charge is 0.250 e. The van der Waals surface area contributed by atoms with Crippen molar-refractivity contribution >= 4 is 41.1 Å². The molecule has 4 rings (SSSR count). The number of rotatable bonds is 9. The van der Waals surface area contributed by atoms with Gasteiger partial charge in [0.1, 0.15) is 12.2 Å². The molecule has 0 aliphatic heterocycles. The van der Waals surface area contributed by atoms with Gasteiger partial charge in [-0.1, -0.05) is 54.1 Å². The number of halogens is 1. The number of nitrogens with two attached hydrogens (primary N) is 1. The average Bonchev–Trinajstić information content (AvgIpc) is 3.21. The van der Waals surface area contributed by atoms with Crippen molar-refractivity contribution in [3.05, 3.63) is 106 Å². The van der Waals surface area contributed by atoms with Gasteiger partial charge in [-0.3, -0.25) is 19.1 Å². The van der Waals surface area contributed by atoms with Gasteiger partial charge in [0.25, 0.3) is 5.56 Å². The van der Waals surface area contributed by atoms with Crippen molar-refractivity contribution in [2.75, 3.05) is 22.5 Å². The molecule has 4 aromatic rings. The summed E-state index contributed by atoms with van der Waals surface area (Å²) in [5.41, 5.74) is 8.69. The Hall–Kier alpha value is -4.37. The highest BCUT2D eigenvalue weighted by atomic mass is 35.5. The molecular weight excluding hydrogens is 468 g/mol. The average molecular weight is 491 g/mol. The number of hydrogen-bond donors (Lipinski definition) is 2. The second kappa shape index (κ2) is 10.7. The molecule has 178 valence electrons. The summed E-state index contributed by atoms with van der Waals surface area (Å²) in [4.78, 5) is 37.2. The molecular formula is C25H23ClN6O3. The van der Waals surface area contributed by atoms with Gasteiger partial charge < -0.3 is 20.5 Å². The van der Waals surface area contributed by atoms with Gasteiger partial charge in [-0.25, -0.2) is 0 Å². The van der Waals surface area contributed by atoms with E-state index >= 15 is 0 Å². The van der Waals surface area contributed by atoms with Crippen LogP contribution in [0.5, 0.6) is 0 Å². The number of anilines is 3. The minimum Gasteiger partial charge on any atom is -0.380 e. The Morgan fingerprint density at radius 1 is 1.03 bits per heavy atom. The number of nitrogen functional groups attached to an aromatic ring is 1. The zero-order chi connectivity index (χ0) is 24.8. The number of amides is 2. The van der Waals surface area contributed by atoms with Crippen LogP contribution in [0.2, 0.25) is 5.02 Å². The molecule has 0 atom stereocenters. The van der Waals surface area contributed by atoms with Crippen LogP contribution in [0.25, 0.3) is 0 Å². The van der Waals surface area contributed by atoms with Gasteiger partial charge in [-0.05, 0) is 29.3 Å². The maximum Gasteiger partial charge on any atom is 0.250 e. The van der Waals surface area contributed by atoms with Gasteiger partial charge in [0, 0.05) is 12.3 Å². The molecule has 0 spiro atoms. The van der Waals surface area contributed by atoms with Crippen molar-refractivity contribution in [3.63, 3.8) is 0 Å². The van der Waals surface area contributed by atoms with Gasteiger partial charge in [0.2, 0.25) is 12.3 Å². The molecule has 0 fully saturated rings. The highest BCUT2D eigenvalue weighted by Gasteiger charge is 2.17. The number of aromatic nitrogens is 3. The fourth-order valence-electron chi connectivity index (χ4n) is 3.54. The third-order valence-corrected chi connectivity index (χ3v) is 5.62. The molecule has 2 heterocycles. The van der Waals surface area contributed by atoms with Crippen molar-refractivity contribution in [2.24, 2.45) is 0 Å². The first-order valence-corrected chi connectivity index (χ1v) is 11.1. The fraction of sp³-hybridized carbons (Fsp3) is 0.120. The third kappa shape index (κ3) is 5.96. The zero-order valence-corrected chi connectivity index (χ0v) is 19.4. The van der Waals surface area contributed by atoms with E-state index in [0.29, 0.717) is 35.9 Å². The lowest BCUT2D eigenvalue weighted by atomic mass is 10.1. The summed E-state index contributed by atoms with van der Waals surface area (Å²) in [6, 6.07) is 19.6. The molecule has 10 heteroatoms. The summed E-state index contributed by atoms with van der Waals surface area (Å²) >= 11 is 6.07. The van der Waals surface area contributed by atoms with Crippen LogP contribution >= 0.6 is 11.6 Å². The molecule has 9 nitrogen and oxygen atoms in total. The van der Waals surface area contributed by atoms with Crippen LogP contribution in [0.1, 0.15) is 11.1 Å². The molecule has 2 aromatic heterocycles. The van der Waals surface area contributed by atoms with E-state index in [2.05, 4.69) is 10.4 Å². The Balaban J connectivity index is 1.41. The lowest BCUT2D eigenvalue weighted by Crippen LogP contribution is -2.32. The van der Waals surface area contributed by atoms with Crippen LogP contribution in [0.3, 0.4) is 0 Å². The largest absolute Gasteiger partial charge is 0.380 e. The Kier molecular flexibility index (Phi) is 7.27. The quantitative estimate of drug-likeness (QED) is 0.350. The van der Waals surface area contributed by atoms with E-state index in [1.807, 2.05) is 30.3 Å². The summed E-state index contributed by atoms with van der Waals surface area (Å²) in [6.07, 6.45) is 3.89. The summed E-state index contributed by atoms with van der Waals surface area (Å²) < 4.78 is 3.23. The van der Waals surface area contributed by atoms with Crippen molar-refractivity contribution in [2.45, 2.75) is 13.1 Å². The Morgan fingerprint density at radius 2 is 1.71 bits per heavy atom. The van der Waals surface area contributed by atoms with Crippen LogP contribution < -0.4 is 21.5 Å². The zero-order valence-electron chi connectivity index (χ0n) is 18.7. The van der Waals surface area contributed by atoms with Gasteiger partial charge in [-0.15, -0.1) is 0 Å². The van der Waals surface area contributed by atoms with Crippen molar-refractivity contribution in [1.82, 2.24) is 14.3 Å². The van der Waals surface area contributed by atoms with Crippen LogP contribution in [0.15, 0.2) is 83.9 Å². The van der Waals surface area contributed by atoms with E-state index in [1.54, 1.807) is 52.0 Å². The van der Waals surface area contributed by atoms with Gasteiger partial charge in [0.05, 0.1) is 30.0 Å².